The number of benzene rings is 2. The van der Waals surface area contributed by atoms with Crippen LogP contribution in [0.2, 0.25) is 0 Å². The Bertz CT molecular complexity index is 915. The van der Waals surface area contributed by atoms with Crippen LogP contribution < -0.4 is 25.3 Å². The Morgan fingerprint density at radius 1 is 0.885 bits per heavy atom. The topological polar surface area (TPSA) is 91.5 Å². The van der Waals surface area contributed by atoms with E-state index < -0.39 is 0 Å². The van der Waals surface area contributed by atoms with Gasteiger partial charge in [0.25, 0.3) is 0 Å². The highest BCUT2D eigenvalue weighted by Gasteiger charge is 2.08. The van der Waals surface area contributed by atoms with E-state index in [0.717, 1.165) is 16.9 Å². The molecule has 0 amide bonds. The fraction of sp³-hybridized carbons (Fsp3) is 0.158. The number of rotatable bonds is 6. The molecule has 3 rings (SSSR count). The van der Waals surface area contributed by atoms with E-state index in [0.29, 0.717) is 28.9 Å². The zero-order valence-electron chi connectivity index (χ0n) is 14.8. The summed E-state index contributed by atoms with van der Waals surface area (Å²) < 4.78 is 15.8. The first-order valence-electron chi connectivity index (χ1n) is 7.90. The minimum atomic E-state index is 0.455. The van der Waals surface area contributed by atoms with Gasteiger partial charge < -0.3 is 25.3 Å². The van der Waals surface area contributed by atoms with Crippen LogP contribution >= 0.6 is 0 Å². The summed E-state index contributed by atoms with van der Waals surface area (Å²) >= 11 is 0. The molecule has 3 N–H and O–H groups in total. The van der Waals surface area contributed by atoms with Crippen LogP contribution in [-0.2, 0) is 0 Å². The van der Waals surface area contributed by atoms with Gasteiger partial charge in [-0.05, 0) is 30.3 Å². The summed E-state index contributed by atoms with van der Waals surface area (Å²) in [4.78, 5) is 8.81. The number of methoxy groups -OCH3 is 3. The van der Waals surface area contributed by atoms with Gasteiger partial charge in [-0.1, -0.05) is 0 Å². The van der Waals surface area contributed by atoms with Gasteiger partial charge in [0.1, 0.15) is 5.75 Å². The standard InChI is InChI=1S/C19H20N4O3/c1-24-15-9-12(8-13(20)10-15)16-6-7-21-19(23-16)22-14-4-5-17(25-2)18(11-14)26-3/h4-11H,20H2,1-3H3,(H,21,22,23). The molecule has 0 saturated heterocycles. The number of anilines is 3. The molecule has 0 radical (unpaired) electrons. The monoisotopic (exact) mass is 352 g/mol. The number of nitrogens with one attached hydrogen (secondary N) is 1. The average molecular weight is 352 g/mol. The van der Waals surface area contributed by atoms with E-state index >= 15 is 0 Å². The van der Waals surface area contributed by atoms with Crippen LogP contribution in [0.5, 0.6) is 17.2 Å². The summed E-state index contributed by atoms with van der Waals surface area (Å²) in [5, 5.41) is 3.16. The van der Waals surface area contributed by atoms with E-state index in [2.05, 4.69) is 15.3 Å². The van der Waals surface area contributed by atoms with Crippen molar-refractivity contribution in [1.29, 1.82) is 0 Å². The summed E-state index contributed by atoms with van der Waals surface area (Å²) in [5.41, 5.74) is 8.89. The summed E-state index contributed by atoms with van der Waals surface area (Å²) in [7, 11) is 4.78. The molecular weight excluding hydrogens is 332 g/mol. The summed E-state index contributed by atoms with van der Waals surface area (Å²) in [6, 6.07) is 12.8. The first-order valence-corrected chi connectivity index (χ1v) is 7.90. The largest absolute Gasteiger partial charge is 0.497 e. The van der Waals surface area contributed by atoms with Crippen molar-refractivity contribution in [3.63, 3.8) is 0 Å². The predicted molar refractivity (Wildman–Crippen MR) is 101 cm³/mol. The molecule has 7 nitrogen and oxygen atoms in total. The minimum Gasteiger partial charge on any atom is -0.497 e. The number of hydrogen-bond donors (Lipinski definition) is 2. The van der Waals surface area contributed by atoms with Gasteiger partial charge in [0.05, 0.1) is 27.0 Å². The van der Waals surface area contributed by atoms with Crippen molar-refractivity contribution in [1.82, 2.24) is 9.97 Å². The van der Waals surface area contributed by atoms with E-state index in [4.69, 9.17) is 19.9 Å². The van der Waals surface area contributed by atoms with Crippen molar-refractivity contribution in [2.24, 2.45) is 0 Å². The molecule has 0 aliphatic carbocycles. The number of ether oxygens (including phenoxy) is 3. The highest BCUT2D eigenvalue weighted by molar-refractivity contribution is 5.68. The molecule has 0 atom stereocenters. The first-order chi connectivity index (χ1) is 12.6. The van der Waals surface area contributed by atoms with Gasteiger partial charge in [-0.25, -0.2) is 9.97 Å². The van der Waals surface area contributed by atoms with E-state index in [1.807, 2.05) is 36.4 Å². The van der Waals surface area contributed by atoms with Crippen LogP contribution in [0, 0.1) is 0 Å². The van der Waals surface area contributed by atoms with Gasteiger partial charge in [0.15, 0.2) is 11.5 Å². The Hall–Kier alpha value is -3.48. The SMILES string of the molecule is COc1cc(N)cc(-c2ccnc(Nc3ccc(OC)c(OC)c3)n2)c1. The van der Waals surface area contributed by atoms with E-state index in [1.54, 1.807) is 33.6 Å². The molecule has 26 heavy (non-hydrogen) atoms. The number of hydrogen-bond acceptors (Lipinski definition) is 7. The fourth-order valence-electron chi connectivity index (χ4n) is 2.51. The molecule has 0 saturated carbocycles. The Balaban J connectivity index is 1.89. The zero-order chi connectivity index (χ0) is 18.5. The van der Waals surface area contributed by atoms with E-state index in [1.165, 1.54) is 0 Å². The minimum absolute atomic E-state index is 0.455. The molecular formula is C19H20N4O3. The molecule has 134 valence electrons. The van der Waals surface area contributed by atoms with E-state index in [9.17, 15) is 0 Å². The van der Waals surface area contributed by atoms with Crippen molar-refractivity contribution >= 4 is 17.3 Å². The van der Waals surface area contributed by atoms with Crippen LogP contribution in [-0.4, -0.2) is 31.3 Å². The smallest absolute Gasteiger partial charge is 0.227 e. The molecule has 1 aromatic heterocycles. The lowest BCUT2D eigenvalue weighted by Gasteiger charge is -2.11. The van der Waals surface area contributed by atoms with Gasteiger partial charge >= 0.3 is 0 Å². The highest BCUT2D eigenvalue weighted by atomic mass is 16.5. The Morgan fingerprint density at radius 3 is 2.42 bits per heavy atom. The molecule has 1 heterocycles. The molecule has 0 aliphatic heterocycles. The van der Waals surface area contributed by atoms with Crippen molar-refractivity contribution < 1.29 is 14.2 Å². The van der Waals surface area contributed by atoms with Gasteiger partial charge in [-0.3, -0.25) is 0 Å². The highest BCUT2D eigenvalue weighted by Crippen LogP contribution is 2.31. The molecule has 0 fully saturated rings. The van der Waals surface area contributed by atoms with Crippen molar-refractivity contribution in [2.75, 3.05) is 32.4 Å². The molecule has 2 aromatic carbocycles. The van der Waals surface area contributed by atoms with Gasteiger partial charge in [-0.15, -0.1) is 0 Å². The molecule has 3 aromatic rings. The third-order valence-corrected chi connectivity index (χ3v) is 3.76. The lowest BCUT2D eigenvalue weighted by molar-refractivity contribution is 0.355. The predicted octanol–water partition coefficient (Wildman–Crippen LogP) is 3.50. The number of nitrogen functional groups attached to an aromatic ring is 1. The van der Waals surface area contributed by atoms with Crippen molar-refractivity contribution in [3.05, 3.63) is 48.7 Å². The lowest BCUT2D eigenvalue weighted by Crippen LogP contribution is -1.99. The van der Waals surface area contributed by atoms with Crippen LogP contribution in [0.15, 0.2) is 48.7 Å². The average Bonchev–Trinajstić information content (AvgIpc) is 2.67. The Labute approximate surface area is 151 Å². The van der Waals surface area contributed by atoms with Crippen LogP contribution in [0.4, 0.5) is 17.3 Å². The molecule has 0 aliphatic rings. The number of nitrogens with zero attached hydrogens (tertiary/aromatic N) is 2. The molecule has 0 unspecified atom stereocenters. The van der Waals surface area contributed by atoms with Gasteiger partial charge in [0.2, 0.25) is 5.95 Å². The first kappa shape index (κ1) is 17.3. The quantitative estimate of drug-likeness (QED) is 0.656. The second kappa shape index (κ2) is 7.60. The third-order valence-electron chi connectivity index (χ3n) is 3.76. The van der Waals surface area contributed by atoms with Crippen LogP contribution in [0.1, 0.15) is 0 Å². The summed E-state index contributed by atoms with van der Waals surface area (Å²) in [5.74, 6) is 2.40. The van der Waals surface area contributed by atoms with Gasteiger partial charge in [0, 0.05) is 35.3 Å². The zero-order valence-corrected chi connectivity index (χ0v) is 14.8. The number of nitrogens with two attached hydrogens (primary N) is 1. The van der Waals surface area contributed by atoms with Crippen LogP contribution in [0.3, 0.4) is 0 Å². The molecule has 0 bridgehead atoms. The second-order valence-electron chi connectivity index (χ2n) is 5.46. The number of aromatic nitrogens is 2. The summed E-state index contributed by atoms with van der Waals surface area (Å²) in [6.07, 6.45) is 1.68. The normalized spacial score (nSPS) is 10.3. The molecule has 0 spiro atoms. The van der Waals surface area contributed by atoms with E-state index in [-0.39, 0.29) is 0 Å². The van der Waals surface area contributed by atoms with Gasteiger partial charge in [-0.2, -0.15) is 0 Å². The fourth-order valence-corrected chi connectivity index (χ4v) is 2.51. The maximum absolute atomic E-state index is 5.93. The Kier molecular flexibility index (Phi) is 5.07. The maximum atomic E-state index is 5.93. The Morgan fingerprint density at radius 2 is 1.69 bits per heavy atom. The second-order valence-corrected chi connectivity index (χ2v) is 5.46. The lowest BCUT2D eigenvalue weighted by atomic mass is 10.1. The third kappa shape index (κ3) is 3.77. The summed E-state index contributed by atoms with van der Waals surface area (Å²) in [6.45, 7) is 0. The van der Waals surface area contributed by atoms with Crippen molar-refractivity contribution in [3.8, 4) is 28.5 Å². The molecule has 7 heteroatoms. The van der Waals surface area contributed by atoms with Crippen molar-refractivity contribution in [2.45, 2.75) is 0 Å². The van der Waals surface area contributed by atoms with Crippen LogP contribution in [0.25, 0.3) is 11.3 Å². The maximum Gasteiger partial charge on any atom is 0.227 e.